The molecule has 0 heterocycles. The Morgan fingerprint density at radius 1 is 1.19 bits per heavy atom. The number of nitrogens with zero attached hydrogens (tertiary/aromatic N) is 1. The molecular weight excluding hydrogens is 330 g/mol. The molecule has 1 aromatic carbocycles. The lowest BCUT2D eigenvalue weighted by molar-refractivity contribution is 0.130. The fourth-order valence-electron chi connectivity index (χ4n) is 3.88. The minimum absolute atomic E-state index is 0.0826. The number of hydrogen-bond acceptors (Lipinski definition) is 4. The lowest BCUT2D eigenvalue weighted by Crippen LogP contribution is -2.46. The Labute approximate surface area is 154 Å². The maximum absolute atomic E-state index is 12.1. The number of carbonyl (C=O) groups excluding carboxylic acids is 1. The molecule has 140 valence electrons. The second kappa shape index (κ2) is 8.91. The van der Waals surface area contributed by atoms with Gasteiger partial charge in [0.15, 0.2) is 0 Å². The number of aliphatic hydroxyl groups excluding tert-OH is 1. The van der Waals surface area contributed by atoms with Crippen molar-refractivity contribution in [2.45, 2.75) is 63.2 Å². The van der Waals surface area contributed by atoms with Gasteiger partial charge < -0.3 is 20.5 Å². The quantitative estimate of drug-likeness (QED) is 0.755. The van der Waals surface area contributed by atoms with Gasteiger partial charge in [-0.2, -0.15) is 5.26 Å². The van der Waals surface area contributed by atoms with Crippen LogP contribution in [-0.4, -0.2) is 35.9 Å². The number of para-hydroxylation sites is 1. The molecule has 2 saturated carbocycles. The van der Waals surface area contributed by atoms with Gasteiger partial charge in [-0.15, -0.1) is 0 Å². The molecule has 0 bridgehead atoms. The highest BCUT2D eigenvalue weighted by Gasteiger charge is 2.27. The Bertz CT molecular complexity index is 650. The average molecular weight is 357 g/mol. The standard InChI is InChI=1S/C20H27N3O3/c21-12-14-4-1-2-7-19(14)26-17-10-8-16(9-11-17)23-20(25)22-13-15-5-3-6-18(15)24/h1-2,4,7,15-18,24H,3,5-6,8-11,13H2,(H2,22,23,25). The van der Waals surface area contributed by atoms with Gasteiger partial charge in [0.2, 0.25) is 0 Å². The van der Waals surface area contributed by atoms with Crippen LogP contribution in [0.2, 0.25) is 0 Å². The smallest absolute Gasteiger partial charge is 0.315 e. The number of rotatable bonds is 5. The third-order valence-electron chi connectivity index (χ3n) is 5.45. The molecule has 2 aliphatic carbocycles. The van der Waals surface area contributed by atoms with Gasteiger partial charge in [0, 0.05) is 18.5 Å². The van der Waals surface area contributed by atoms with Gasteiger partial charge >= 0.3 is 6.03 Å². The Kier molecular flexibility index (Phi) is 6.35. The van der Waals surface area contributed by atoms with E-state index in [4.69, 9.17) is 10.00 Å². The fraction of sp³-hybridized carbons (Fsp3) is 0.600. The predicted molar refractivity (Wildman–Crippen MR) is 97.7 cm³/mol. The summed E-state index contributed by atoms with van der Waals surface area (Å²) in [5.41, 5.74) is 0.557. The number of urea groups is 1. The summed E-state index contributed by atoms with van der Waals surface area (Å²) in [6.07, 6.45) is 6.09. The van der Waals surface area contributed by atoms with E-state index in [1.165, 1.54) is 0 Å². The van der Waals surface area contributed by atoms with Gasteiger partial charge in [-0.1, -0.05) is 18.6 Å². The first-order valence-electron chi connectivity index (χ1n) is 9.54. The SMILES string of the molecule is N#Cc1ccccc1OC1CCC(NC(=O)NCC2CCCC2O)CC1. The highest BCUT2D eigenvalue weighted by atomic mass is 16.5. The van der Waals surface area contributed by atoms with E-state index >= 15 is 0 Å². The molecule has 2 amide bonds. The summed E-state index contributed by atoms with van der Waals surface area (Å²) in [7, 11) is 0. The normalized spacial score (nSPS) is 28.2. The van der Waals surface area contributed by atoms with Crippen molar-refractivity contribution < 1.29 is 14.6 Å². The van der Waals surface area contributed by atoms with E-state index in [1.807, 2.05) is 18.2 Å². The molecule has 2 aliphatic rings. The number of nitriles is 1. The summed E-state index contributed by atoms with van der Waals surface area (Å²) >= 11 is 0. The average Bonchev–Trinajstić information content (AvgIpc) is 3.07. The van der Waals surface area contributed by atoms with Crippen molar-refractivity contribution in [3.8, 4) is 11.8 Å². The van der Waals surface area contributed by atoms with Crippen LogP contribution in [0.5, 0.6) is 5.75 Å². The van der Waals surface area contributed by atoms with Gasteiger partial charge in [-0.3, -0.25) is 0 Å². The molecular formula is C20H27N3O3. The zero-order valence-corrected chi connectivity index (χ0v) is 15.0. The third-order valence-corrected chi connectivity index (χ3v) is 5.45. The molecule has 1 aromatic rings. The monoisotopic (exact) mass is 357 g/mol. The molecule has 0 aliphatic heterocycles. The summed E-state index contributed by atoms with van der Waals surface area (Å²) in [6, 6.07) is 9.43. The Balaban J connectivity index is 1.38. The number of benzene rings is 1. The van der Waals surface area contributed by atoms with E-state index in [9.17, 15) is 9.90 Å². The summed E-state index contributed by atoms with van der Waals surface area (Å²) in [5.74, 6) is 0.823. The first kappa shape index (κ1) is 18.5. The van der Waals surface area contributed by atoms with Crippen LogP contribution in [-0.2, 0) is 0 Å². The first-order valence-corrected chi connectivity index (χ1v) is 9.54. The Morgan fingerprint density at radius 3 is 2.65 bits per heavy atom. The van der Waals surface area contributed by atoms with Crippen molar-refractivity contribution in [2.24, 2.45) is 5.92 Å². The number of amides is 2. The summed E-state index contributed by atoms with van der Waals surface area (Å²) < 4.78 is 5.98. The maximum atomic E-state index is 12.1. The van der Waals surface area contributed by atoms with E-state index in [0.29, 0.717) is 17.9 Å². The van der Waals surface area contributed by atoms with Gasteiger partial charge in [-0.25, -0.2) is 4.79 Å². The molecule has 2 unspecified atom stereocenters. The highest BCUT2D eigenvalue weighted by molar-refractivity contribution is 5.74. The molecule has 3 rings (SSSR count). The van der Waals surface area contributed by atoms with Crippen LogP contribution in [0, 0.1) is 17.2 Å². The molecule has 3 N–H and O–H groups in total. The van der Waals surface area contributed by atoms with Gasteiger partial charge in [0.05, 0.1) is 17.8 Å². The summed E-state index contributed by atoms with van der Waals surface area (Å²) in [5, 5.41) is 24.9. The zero-order valence-electron chi connectivity index (χ0n) is 15.0. The fourth-order valence-corrected chi connectivity index (χ4v) is 3.88. The molecule has 0 aromatic heterocycles. The van der Waals surface area contributed by atoms with E-state index in [1.54, 1.807) is 6.07 Å². The molecule has 0 radical (unpaired) electrons. The Morgan fingerprint density at radius 2 is 1.96 bits per heavy atom. The van der Waals surface area contributed by atoms with E-state index < -0.39 is 0 Å². The van der Waals surface area contributed by atoms with Crippen molar-refractivity contribution in [1.29, 1.82) is 5.26 Å². The zero-order chi connectivity index (χ0) is 18.4. The van der Waals surface area contributed by atoms with Crippen molar-refractivity contribution in [1.82, 2.24) is 10.6 Å². The molecule has 0 saturated heterocycles. The van der Waals surface area contributed by atoms with Crippen LogP contribution in [0.4, 0.5) is 4.79 Å². The third kappa shape index (κ3) is 4.89. The van der Waals surface area contributed by atoms with Crippen LogP contribution >= 0.6 is 0 Å². The summed E-state index contributed by atoms with van der Waals surface area (Å²) in [6.45, 7) is 0.538. The van der Waals surface area contributed by atoms with Gasteiger partial charge in [0.1, 0.15) is 11.8 Å². The topological polar surface area (TPSA) is 94.4 Å². The largest absolute Gasteiger partial charge is 0.489 e. The number of aliphatic hydroxyl groups is 1. The number of ether oxygens (including phenoxy) is 1. The number of nitrogens with one attached hydrogen (secondary N) is 2. The van der Waals surface area contributed by atoms with E-state index in [0.717, 1.165) is 44.9 Å². The van der Waals surface area contributed by atoms with Crippen molar-refractivity contribution in [2.75, 3.05) is 6.54 Å². The highest BCUT2D eigenvalue weighted by Crippen LogP contribution is 2.26. The Hall–Kier alpha value is -2.26. The van der Waals surface area contributed by atoms with Gasteiger partial charge in [0.25, 0.3) is 0 Å². The van der Waals surface area contributed by atoms with Crippen molar-refractivity contribution >= 4 is 6.03 Å². The predicted octanol–water partition coefficient (Wildman–Crippen LogP) is 2.71. The summed E-state index contributed by atoms with van der Waals surface area (Å²) in [4.78, 5) is 12.1. The molecule has 26 heavy (non-hydrogen) atoms. The van der Waals surface area contributed by atoms with Crippen LogP contribution in [0.15, 0.2) is 24.3 Å². The minimum Gasteiger partial charge on any atom is -0.489 e. The second-order valence-corrected chi connectivity index (χ2v) is 7.31. The van der Waals surface area contributed by atoms with Crippen LogP contribution in [0.1, 0.15) is 50.5 Å². The molecule has 2 atom stereocenters. The lowest BCUT2D eigenvalue weighted by Gasteiger charge is -2.30. The van der Waals surface area contributed by atoms with E-state index in [-0.39, 0.29) is 30.2 Å². The van der Waals surface area contributed by atoms with Gasteiger partial charge in [-0.05, 0) is 50.7 Å². The molecule has 6 heteroatoms. The first-order chi connectivity index (χ1) is 12.7. The van der Waals surface area contributed by atoms with E-state index in [2.05, 4.69) is 16.7 Å². The van der Waals surface area contributed by atoms with Crippen molar-refractivity contribution in [3.63, 3.8) is 0 Å². The van der Waals surface area contributed by atoms with Crippen molar-refractivity contribution in [3.05, 3.63) is 29.8 Å². The number of hydrogen-bond donors (Lipinski definition) is 3. The molecule has 0 spiro atoms. The minimum atomic E-state index is -0.279. The second-order valence-electron chi connectivity index (χ2n) is 7.31. The number of carbonyl (C=O) groups is 1. The van der Waals surface area contributed by atoms with Crippen LogP contribution < -0.4 is 15.4 Å². The lowest BCUT2D eigenvalue weighted by atomic mass is 9.93. The van der Waals surface area contributed by atoms with Crippen LogP contribution in [0.3, 0.4) is 0 Å². The molecule has 6 nitrogen and oxygen atoms in total. The van der Waals surface area contributed by atoms with Crippen LogP contribution in [0.25, 0.3) is 0 Å². The molecule has 2 fully saturated rings. The maximum Gasteiger partial charge on any atom is 0.315 e.